The second kappa shape index (κ2) is 8.47. The molecule has 1 saturated carbocycles. The zero-order valence-electron chi connectivity index (χ0n) is 16.4. The van der Waals surface area contributed by atoms with Gasteiger partial charge < -0.3 is 15.0 Å². The second-order valence-corrected chi connectivity index (χ2v) is 8.15. The SMILES string of the molecule is CNc1cc(OCCC2CC2C2CCN(c3ncc(Cl)cn3)CC2)nc(C)n1. The summed E-state index contributed by atoms with van der Waals surface area (Å²) in [5.74, 6) is 5.42. The molecule has 3 heterocycles. The van der Waals surface area contributed by atoms with E-state index in [1.165, 1.54) is 19.3 Å². The number of piperidine rings is 1. The first-order valence-corrected chi connectivity index (χ1v) is 10.4. The fraction of sp³-hybridized carbons (Fsp3) is 0.600. The molecule has 28 heavy (non-hydrogen) atoms. The van der Waals surface area contributed by atoms with Crippen molar-refractivity contribution in [1.29, 1.82) is 0 Å². The number of nitrogens with one attached hydrogen (secondary N) is 1. The van der Waals surface area contributed by atoms with Gasteiger partial charge in [0.15, 0.2) is 0 Å². The molecule has 0 spiro atoms. The highest BCUT2D eigenvalue weighted by molar-refractivity contribution is 6.30. The largest absolute Gasteiger partial charge is 0.478 e. The van der Waals surface area contributed by atoms with Crippen LogP contribution in [0.3, 0.4) is 0 Å². The number of halogens is 1. The normalized spacial score (nSPS) is 22.2. The van der Waals surface area contributed by atoms with Crippen LogP contribution in [0.25, 0.3) is 0 Å². The zero-order valence-corrected chi connectivity index (χ0v) is 17.2. The third kappa shape index (κ3) is 4.63. The van der Waals surface area contributed by atoms with Crippen molar-refractivity contribution in [3.8, 4) is 5.88 Å². The fourth-order valence-corrected chi connectivity index (χ4v) is 4.33. The van der Waals surface area contributed by atoms with Gasteiger partial charge in [0.25, 0.3) is 0 Å². The standard InChI is InChI=1S/C20H27ClN6O/c1-13-25-18(22-2)10-19(26-13)28-8-5-15-9-17(15)14-3-6-27(7-4-14)20-23-11-16(21)12-24-20/h10-12,14-15,17H,3-9H2,1-2H3,(H,22,25,26). The van der Waals surface area contributed by atoms with E-state index in [-0.39, 0.29) is 0 Å². The van der Waals surface area contributed by atoms with E-state index in [0.717, 1.165) is 61.5 Å². The van der Waals surface area contributed by atoms with Crippen LogP contribution in [0.1, 0.15) is 31.5 Å². The summed E-state index contributed by atoms with van der Waals surface area (Å²) in [7, 11) is 1.85. The molecule has 1 N–H and O–H groups in total. The van der Waals surface area contributed by atoms with E-state index in [9.17, 15) is 0 Å². The van der Waals surface area contributed by atoms with Crippen LogP contribution < -0.4 is 15.0 Å². The molecule has 0 aromatic carbocycles. The molecule has 0 bridgehead atoms. The molecule has 4 rings (SSSR count). The van der Waals surface area contributed by atoms with Gasteiger partial charge in [-0.2, -0.15) is 4.98 Å². The lowest BCUT2D eigenvalue weighted by Gasteiger charge is -2.32. The van der Waals surface area contributed by atoms with Crippen LogP contribution in [-0.4, -0.2) is 46.7 Å². The van der Waals surface area contributed by atoms with Crippen molar-refractivity contribution in [2.24, 2.45) is 17.8 Å². The number of hydrogen-bond acceptors (Lipinski definition) is 7. The molecule has 2 aliphatic rings. The first-order valence-electron chi connectivity index (χ1n) is 10.0. The van der Waals surface area contributed by atoms with Crippen LogP contribution in [0.5, 0.6) is 5.88 Å². The van der Waals surface area contributed by atoms with Crippen molar-refractivity contribution in [3.05, 3.63) is 29.3 Å². The summed E-state index contributed by atoms with van der Waals surface area (Å²) in [6.07, 6.45) is 8.20. The van der Waals surface area contributed by atoms with Gasteiger partial charge in [0.1, 0.15) is 11.6 Å². The van der Waals surface area contributed by atoms with Gasteiger partial charge in [-0.25, -0.2) is 15.0 Å². The Morgan fingerprint density at radius 1 is 1.21 bits per heavy atom. The number of anilines is 2. The summed E-state index contributed by atoms with van der Waals surface area (Å²) in [6.45, 7) is 4.66. The maximum atomic E-state index is 5.88. The molecule has 1 saturated heterocycles. The second-order valence-electron chi connectivity index (χ2n) is 7.71. The summed E-state index contributed by atoms with van der Waals surface area (Å²) in [4.78, 5) is 19.6. The Morgan fingerprint density at radius 3 is 2.68 bits per heavy atom. The van der Waals surface area contributed by atoms with Crippen molar-refractivity contribution in [1.82, 2.24) is 19.9 Å². The minimum atomic E-state index is 0.584. The molecule has 2 unspecified atom stereocenters. The number of aryl methyl sites for hydroxylation is 1. The van der Waals surface area contributed by atoms with Gasteiger partial charge in [-0.05, 0) is 50.4 Å². The van der Waals surface area contributed by atoms with Crippen molar-refractivity contribution in [3.63, 3.8) is 0 Å². The number of aromatic nitrogens is 4. The zero-order chi connectivity index (χ0) is 19.5. The summed E-state index contributed by atoms with van der Waals surface area (Å²) in [6, 6.07) is 1.85. The van der Waals surface area contributed by atoms with Gasteiger partial charge in [-0.15, -0.1) is 0 Å². The van der Waals surface area contributed by atoms with Gasteiger partial charge in [0.05, 0.1) is 24.0 Å². The van der Waals surface area contributed by atoms with Crippen molar-refractivity contribution in [2.75, 3.05) is 37.0 Å². The lowest BCUT2D eigenvalue weighted by atomic mass is 9.90. The molecule has 7 nitrogen and oxygen atoms in total. The summed E-state index contributed by atoms with van der Waals surface area (Å²) in [5, 5.41) is 3.62. The molecule has 8 heteroatoms. The maximum absolute atomic E-state index is 5.88. The van der Waals surface area contributed by atoms with Gasteiger partial charge in [-0.3, -0.25) is 0 Å². The quantitative estimate of drug-likeness (QED) is 0.758. The fourth-order valence-electron chi connectivity index (χ4n) is 4.23. The predicted octanol–water partition coefficient (Wildman–Crippen LogP) is 3.59. The summed E-state index contributed by atoms with van der Waals surface area (Å²) >= 11 is 5.88. The highest BCUT2D eigenvalue weighted by Gasteiger charge is 2.43. The molecule has 2 fully saturated rings. The van der Waals surface area contributed by atoms with Crippen LogP contribution >= 0.6 is 11.6 Å². The maximum Gasteiger partial charge on any atom is 0.225 e. The molecule has 2 aromatic rings. The highest BCUT2D eigenvalue weighted by atomic mass is 35.5. The van der Waals surface area contributed by atoms with Crippen molar-refractivity contribution < 1.29 is 4.74 Å². The number of nitrogens with zero attached hydrogens (tertiary/aromatic N) is 5. The Balaban J connectivity index is 1.19. The van der Waals surface area contributed by atoms with E-state index in [4.69, 9.17) is 16.3 Å². The van der Waals surface area contributed by atoms with E-state index in [1.54, 1.807) is 12.4 Å². The molecule has 2 atom stereocenters. The average Bonchev–Trinajstić information content (AvgIpc) is 3.48. The van der Waals surface area contributed by atoms with Crippen LogP contribution in [0, 0.1) is 24.7 Å². The van der Waals surface area contributed by atoms with Gasteiger partial charge in [0, 0.05) is 26.2 Å². The van der Waals surface area contributed by atoms with Crippen molar-refractivity contribution in [2.45, 2.75) is 32.6 Å². The van der Waals surface area contributed by atoms with Crippen LogP contribution in [0.4, 0.5) is 11.8 Å². The first-order chi connectivity index (χ1) is 13.6. The Morgan fingerprint density at radius 2 is 1.96 bits per heavy atom. The summed E-state index contributed by atoms with van der Waals surface area (Å²) in [5.41, 5.74) is 0. The van der Waals surface area contributed by atoms with E-state index in [1.807, 2.05) is 20.0 Å². The van der Waals surface area contributed by atoms with Crippen molar-refractivity contribution >= 4 is 23.4 Å². The molecule has 150 valence electrons. The minimum absolute atomic E-state index is 0.584. The Kier molecular flexibility index (Phi) is 5.80. The Labute approximate surface area is 170 Å². The van der Waals surface area contributed by atoms with Gasteiger partial charge in [0.2, 0.25) is 11.8 Å². The molecule has 1 aliphatic carbocycles. The van der Waals surface area contributed by atoms with E-state index < -0.39 is 0 Å². The third-order valence-corrected chi connectivity index (χ3v) is 6.02. The van der Waals surface area contributed by atoms with E-state index >= 15 is 0 Å². The summed E-state index contributed by atoms with van der Waals surface area (Å²) < 4.78 is 5.87. The topological polar surface area (TPSA) is 76.1 Å². The number of ether oxygens (including phenoxy) is 1. The lowest BCUT2D eigenvalue weighted by molar-refractivity contribution is 0.275. The third-order valence-electron chi connectivity index (χ3n) is 5.82. The molecule has 0 amide bonds. The van der Waals surface area contributed by atoms with Crippen LogP contribution in [0.2, 0.25) is 5.02 Å². The molecule has 2 aromatic heterocycles. The predicted molar refractivity (Wildman–Crippen MR) is 110 cm³/mol. The first kappa shape index (κ1) is 19.2. The van der Waals surface area contributed by atoms with Crippen LogP contribution in [-0.2, 0) is 0 Å². The Bertz CT molecular complexity index is 794. The molecule has 1 aliphatic heterocycles. The van der Waals surface area contributed by atoms with E-state index in [2.05, 4.69) is 30.2 Å². The van der Waals surface area contributed by atoms with Gasteiger partial charge >= 0.3 is 0 Å². The Hall–Kier alpha value is -2.15. The number of hydrogen-bond donors (Lipinski definition) is 1. The van der Waals surface area contributed by atoms with E-state index in [0.29, 0.717) is 10.9 Å². The number of rotatable bonds is 7. The lowest BCUT2D eigenvalue weighted by Crippen LogP contribution is -2.35. The minimum Gasteiger partial charge on any atom is -0.478 e. The molecule has 0 radical (unpaired) electrons. The highest BCUT2D eigenvalue weighted by Crippen LogP contribution is 2.49. The average molecular weight is 403 g/mol. The van der Waals surface area contributed by atoms with Crippen LogP contribution in [0.15, 0.2) is 18.5 Å². The smallest absolute Gasteiger partial charge is 0.225 e. The molecular weight excluding hydrogens is 376 g/mol. The monoisotopic (exact) mass is 402 g/mol. The van der Waals surface area contributed by atoms with Gasteiger partial charge in [-0.1, -0.05) is 11.6 Å². The molecular formula is C20H27ClN6O.